The number of ether oxygens (including phenoxy) is 1. The van der Waals surface area contributed by atoms with Gasteiger partial charge in [0, 0.05) is 18.3 Å². The summed E-state index contributed by atoms with van der Waals surface area (Å²) in [6, 6.07) is 6.91. The van der Waals surface area contributed by atoms with Gasteiger partial charge in [-0.05, 0) is 38.0 Å². The number of nitrogens with one attached hydrogen (secondary N) is 1. The molecule has 1 saturated heterocycles. The van der Waals surface area contributed by atoms with Crippen LogP contribution in [0.1, 0.15) is 19.8 Å². The van der Waals surface area contributed by atoms with E-state index in [1.54, 1.807) is 11.3 Å². The molecule has 4 heteroatoms. The molecule has 2 atom stereocenters. The number of nitrogens with zero attached hydrogens (tertiary/aromatic N) is 1. The fourth-order valence-electron chi connectivity index (χ4n) is 2.31. The van der Waals surface area contributed by atoms with Crippen molar-refractivity contribution >= 4 is 27.2 Å². The summed E-state index contributed by atoms with van der Waals surface area (Å²) in [5.41, 5.74) is 4.17. The molecule has 0 bridgehead atoms. The van der Waals surface area contributed by atoms with Crippen LogP contribution in [0.25, 0.3) is 10.2 Å². The monoisotopic (exact) mass is 248 g/mol. The summed E-state index contributed by atoms with van der Waals surface area (Å²) in [4.78, 5) is 4.29. The number of thiazole rings is 1. The Morgan fingerprint density at radius 2 is 2.41 bits per heavy atom. The van der Waals surface area contributed by atoms with E-state index in [1.807, 2.05) is 5.51 Å². The maximum Gasteiger partial charge on any atom is 0.0813 e. The molecule has 0 radical (unpaired) electrons. The largest absolute Gasteiger partial charge is 0.382 e. The lowest BCUT2D eigenvalue weighted by Crippen LogP contribution is -2.32. The van der Waals surface area contributed by atoms with Gasteiger partial charge in [0.15, 0.2) is 0 Å². The van der Waals surface area contributed by atoms with E-state index in [0.29, 0.717) is 12.1 Å². The first-order valence-electron chi connectivity index (χ1n) is 6.02. The Bertz CT molecular complexity index is 511. The van der Waals surface area contributed by atoms with Gasteiger partial charge in [-0.1, -0.05) is 0 Å². The van der Waals surface area contributed by atoms with Crippen molar-refractivity contribution in [1.29, 1.82) is 0 Å². The third kappa shape index (κ3) is 2.42. The molecule has 17 heavy (non-hydrogen) atoms. The molecule has 1 aliphatic heterocycles. The van der Waals surface area contributed by atoms with Crippen molar-refractivity contribution in [2.45, 2.75) is 31.9 Å². The molecule has 0 amide bonds. The van der Waals surface area contributed by atoms with Crippen LogP contribution in [-0.2, 0) is 4.74 Å². The first kappa shape index (κ1) is 11.0. The molecule has 0 aliphatic carbocycles. The minimum Gasteiger partial charge on any atom is -0.382 e. The van der Waals surface area contributed by atoms with Gasteiger partial charge in [0.05, 0.1) is 21.8 Å². The zero-order chi connectivity index (χ0) is 11.7. The van der Waals surface area contributed by atoms with E-state index < -0.39 is 0 Å². The second-order valence-corrected chi connectivity index (χ2v) is 5.47. The van der Waals surface area contributed by atoms with Gasteiger partial charge in [-0.2, -0.15) is 0 Å². The van der Waals surface area contributed by atoms with Crippen LogP contribution in [0.5, 0.6) is 0 Å². The molecule has 1 aromatic heterocycles. The molecule has 90 valence electrons. The van der Waals surface area contributed by atoms with Gasteiger partial charge in [-0.15, -0.1) is 11.3 Å². The Morgan fingerprint density at radius 3 is 3.29 bits per heavy atom. The van der Waals surface area contributed by atoms with E-state index in [-0.39, 0.29) is 0 Å². The minimum atomic E-state index is 0.369. The lowest BCUT2D eigenvalue weighted by atomic mass is 10.0. The molecule has 3 rings (SSSR count). The molecule has 1 aliphatic rings. The maximum atomic E-state index is 5.56. The molecule has 2 heterocycles. The normalized spacial score (nSPS) is 25.0. The number of rotatable bonds is 2. The first-order chi connectivity index (χ1) is 8.31. The van der Waals surface area contributed by atoms with Crippen molar-refractivity contribution in [1.82, 2.24) is 4.98 Å². The molecule has 1 N–H and O–H groups in total. The van der Waals surface area contributed by atoms with Gasteiger partial charge >= 0.3 is 0 Å². The standard InChI is InChI=1S/C13H16N2OS/c1-9-6-11(4-5-16-9)15-10-2-3-12-13(7-10)17-8-14-12/h2-3,7-9,11,15H,4-6H2,1H3. The predicted octanol–water partition coefficient (Wildman–Crippen LogP) is 3.28. The van der Waals surface area contributed by atoms with Crippen LogP contribution in [0.2, 0.25) is 0 Å². The molecule has 1 aromatic carbocycles. The lowest BCUT2D eigenvalue weighted by Gasteiger charge is -2.28. The third-order valence-corrected chi connectivity index (χ3v) is 3.98. The van der Waals surface area contributed by atoms with Gasteiger partial charge in [0.25, 0.3) is 0 Å². The molecule has 2 unspecified atom stereocenters. The van der Waals surface area contributed by atoms with E-state index >= 15 is 0 Å². The molecule has 3 nitrogen and oxygen atoms in total. The number of anilines is 1. The van der Waals surface area contributed by atoms with Gasteiger partial charge in [0.1, 0.15) is 0 Å². The number of hydrogen-bond acceptors (Lipinski definition) is 4. The highest BCUT2D eigenvalue weighted by molar-refractivity contribution is 7.16. The molecule has 0 saturated carbocycles. The van der Waals surface area contributed by atoms with Crippen molar-refractivity contribution in [3.8, 4) is 0 Å². The molecular weight excluding hydrogens is 232 g/mol. The van der Waals surface area contributed by atoms with Crippen molar-refractivity contribution < 1.29 is 4.74 Å². The number of fused-ring (bicyclic) bond motifs is 1. The third-order valence-electron chi connectivity index (χ3n) is 3.19. The minimum absolute atomic E-state index is 0.369. The Kier molecular flexibility index (Phi) is 2.99. The Hall–Kier alpha value is -1.13. The summed E-state index contributed by atoms with van der Waals surface area (Å²) in [5, 5.41) is 3.59. The van der Waals surface area contributed by atoms with Crippen LogP contribution in [-0.4, -0.2) is 23.7 Å². The lowest BCUT2D eigenvalue weighted by molar-refractivity contribution is 0.0232. The molecule has 0 spiro atoms. The van der Waals surface area contributed by atoms with E-state index in [1.165, 1.54) is 10.4 Å². The number of benzene rings is 1. The van der Waals surface area contributed by atoms with E-state index in [9.17, 15) is 0 Å². The number of hydrogen-bond donors (Lipinski definition) is 1. The summed E-state index contributed by atoms with van der Waals surface area (Å²) in [5.74, 6) is 0. The summed E-state index contributed by atoms with van der Waals surface area (Å²) >= 11 is 1.69. The van der Waals surface area contributed by atoms with E-state index in [0.717, 1.165) is 25.0 Å². The van der Waals surface area contributed by atoms with E-state index in [2.05, 4.69) is 35.4 Å². The van der Waals surface area contributed by atoms with Crippen molar-refractivity contribution in [2.75, 3.05) is 11.9 Å². The average molecular weight is 248 g/mol. The highest BCUT2D eigenvalue weighted by atomic mass is 32.1. The Balaban J connectivity index is 1.75. The smallest absolute Gasteiger partial charge is 0.0813 e. The maximum absolute atomic E-state index is 5.56. The van der Waals surface area contributed by atoms with Gasteiger partial charge in [-0.25, -0.2) is 4.98 Å². The zero-order valence-electron chi connectivity index (χ0n) is 9.85. The second-order valence-electron chi connectivity index (χ2n) is 4.58. The summed E-state index contributed by atoms with van der Waals surface area (Å²) in [7, 11) is 0. The van der Waals surface area contributed by atoms with Crippen LogP contribution in [0, 0.1) is 0 Å². The topological polar surface area (TPSA) is 34.2 Å². The summed E-state index contributed by atoms with van der Waals surface area (Å²) in [6.45, 7) is 3.00. The Labute approximate surface area is 105 Å². The number of aromatic nitrogens is 1. The fourth-order valence-corrected chi connectivity index (χ4v) is 3.03. The average Bonchev–Trinajstić information content (AvgIpc) is 2.76. The quantitative estimate of drug-likeness (QED) is 0.885. The van der Waals surface area contributed by atoms with Gasteiger partial charge in [-0.3, -0.25) is 0 Å². The Morgan fingerprint density at radius 1 is 1.47 bits per heavy atom. The van der Waals surface area contributed by atoms with Crippen LogP contribution < -0.4 is 5.32 Å². The first-order valence-corrected chi connectivity index (χ1v) is 6.90. The van der Waals surface area contributed by atoms with Crippen molar-refractivity contribution in [3.63, 3.8) is 0 Å². The summed E-state index contributed by atoms with van der Waals surface area (Å²) in [6.07, 6.45) is 2.54. The zero-order valence-corrected chi connectivity index (χ0v) is 10.7. The van der Waals surface area contributed by atoms with Gasteiger partial charge < -0.3 is 10.1 Å². The molecular formula is C13H16N2OS. The SMILES string of the molecule is CC1CC(Nc2ccc3ncsc3c2)CCO1. The van der Waals surface area contributed by atoms with Crippen LogP contribution in [0.4, 0.5) is 5.69 Å². The second kappa shape index (κ2) is 4.63. The van der Waals surface area contributed by atoms with Crippen LogP contribution >= 0.6 is 11.3 Å². The molecule has 2 aromatic rings. The predicted molar refractivity (Wildman–Crippen MR) is 71.7 cm³/mol. The van der Waals surface area contributed by atoms with Crippen molar-refractivity contribution in [2.24, 2.45) is 0 Å². The van der Waals surface area contributed by atoms with Crippen LogP contribution in [0.15, 0.2) is 23.7 Å². The summed E-state index contributed by atoms with van der Waals surface area (Å²) < 4.78 is 6.80. The van der Waals surface area contributed by atoms with E-state index in [4.69, 9.17) is 4.74 Å². The molecule has 1 fully saturated rings. The van der Waals surface area contributed by atoms with Gasteiger partial charge in [0.2, 0.25) is 0 Å². The van der Waals surface area contributed by atoms with Crippen LogP contribution in [0.3, 0.4) is 0 Å². The highest BCUT2D eigenvalue weighted by Gasteiger charge is 2.18. The fraction of sp³-hybridized carbons (Fsp3) is 0.462. The van der Waals surface area contributed by atoms with Crippen molar-refractivity contribution in [3.05, 3.63) is 23.7 Å². The highest BCUT2D eigenvalue weighted by Crippen LogP contribution is 2.24.